The van der Waals surface area contributed by atoms with Crippen LogP contribution < -0.4 is 16.6 Å². The van der Waals surface area contributed by atoms with Gasteiger partial charge in [-0.15, -0.1) is 0 Å². The van der Waals surface area contributed by atoms with Crippen LogP contribution in [0.15, 0.2) is 82.4 Å². The third-order valence-electron chi connectivity index (χ3n) is 6.84. The zero-order valence-electron chi connectivity index (χ0n) is 19.6. The number of benzene rings is 3. The Hall–Kier alpha value is -4.52. The molecule has 0 saturated carbocycles. The minimum absolute atomic E-state index is 0.173. The summed E-state index contributed by atoms with van der Waals surface area (Å²) in [6.07, 6.45) is 0. The van der Waals surface area contributed by atoms with Crippen LogP contribution in [0.4, 0.5) is 5.69 Å². The number of aryl methyl sites for hydroxylation is 2. The number of aromatic hydroxyl groups is 1. The van der Waals surface area contributed by atoms with Crippen molar-refractivity contribution in [2.75, 3.05) is 5.32 Å². The first-order chi connectivity index (χ1) is 16.9. The first kappa shape index (κ1) is 21.0. The normalized spacial score (nSPS) is 14.4. The number of para-hydroxylation sites is 2. The number of anilines is 1. The van der Waals surface area contributed by atoms with Crippen molar-refractivity contribution in [1.29, 1.82) is 0 Å². The SMILES string of the molecule is Cc1cccc(-c2c3c(=O)n(C)c(=O)n(C)c3c3n2-c2ccccc2N[C@@H]3c2ccc(O)cc2)c1. The predicted octanol–water partition coefficient (Wildman–Crippen LogP) is 4.22. The van der Waals surface area contributed by atoms with Crippen LogP contribution in [0.25, 0.3) is 27.8 Å². The lowest BCUT2D eigenvalue weighted by atomic mass is 9.99. The first-order valence-corrected chi connectivity index (χ1v) is 11.4. The molecule has 5 aromatic rings. The molecular weight excluding hydrogens is 440 g/mol. The number of nitrogens with zero attached hydrogens (tertiary/aromatic N) is 3. The largest absolute Gasteiger partial charge is 0.508 e. The van der Waals surface area contributed by atoms with Crippen molar-refractivity contribution >= 4 is 16.6 Å². The standard InChI is InChI=1S/C28H24N4O3/c1-16-7-6-8-18(15-16)24-22-25(30(2)28(35)31(3)27(22)34)26-23(17-11-13-19(33)14-12-17)29-20-9-4-5-10-21(20)32(24)26/h4-15,23,29,33H,1-3H3/t23-/m1/s1. The molecule has 35 heavy (non-hydrogen) atoms. The molecule has 0 saturated heterocycles. The highest BCUT2D eigenvalue weighted by molar-refractivity contribution is 5.99. The van der Waals surface area contributed by atoms with Crippen LogP contribution >= 0.6 is 0 Å². The Morgan fingerprint density at radius 1 is 0.886 bits per heavy atom. The van der Waals surface area contributed by atoms with Gasteiger partial charge in [-0.3, -0.25) is 13.9 Å². The fraction of sp³-hybridized carbons (Fsp3) is 0.143. The smallest absolute Gasteiger partial charge is 0.331 e. The van der Waals surface area contributed by atoms with Crippen LogP contribution in [-0.2, 0) is 14.1 Å². The van der Waals surface area contributed by atoms with Crippen molar-refractivity contribution in [2.45, 2.75) is 13.0 Å². The molecule has 0 fully saturated rings. The Balaban J connectivity index is 1.86. The first-order valence-electron chi connectivity index (χ1n) is 11.4. The number of phenolic OH excluding ortho intramolecular Hbond substituents is 1. The summed E-state index contributed by atoms with van der Waals surface area (Å²) in [6, 6.07) is 22.7. The van der Waals surface area contributed by atoms with Gasteiger partial charge in [0.1, 0.15) is 5.75 Å². The van der Waals surface area contributed by atoms with Crippen LogP contribution in [0.2, 0.25) is 0 Å². The van der Waals surface area contributed by atoms with E-state index >= 15 is 0 Å². The van der Waals surface area contributed by atoms with Gasteiger partial charge in [-0.25, -0.2) is 4.79 Å². The average Bonchev–Trinajstić information content (AvgIpc) is 3.23. The molecule has 1 aliphatic heterocycles. The van der Waals surface area contributed by atoms with E-state index in [0.29, 0.717) is 10.9 Å². The molecule has 3 heterocycles. The maximum Gasteiger partial charge on any atom is 0.331 e. The maximum atomic E-state index is 13.7. The molecule has 7 heteroatoms. The maximum absolute atomic E-state index is 13.7. The van der Waals surface area contributed by atoms with Crippen molar-refractivity contribution in [2.24, 2.45) is 14.1 Å². The monoisotopic (exact) mass is 464 g/mol. The van der Waals surface area contributed by atoms with E-state index < -0.39 is 0 Å². The number of hydrogen-bond donors (Lipinski definition) is 2. The van der Waals surface area contributed by atoms with Crippen LogP contribution in [0, 0.1) is 6.92 Å². The topological polar surface area (TPSA) is 81.2 Å². The Kier molecular flexibility index (Phi) is 4.51. The zero-order valence-corrected chi connectivity index (χ0v) is 19.6. The number of aromatic nitrogens is 3. The Morgan fingerprint density at radius 3 is 2.37 bits per heavy atom. The van der Waals surface area contributed by atoms with Gasteiger partial charge < -0.3 is 15.0 Å². The molecule has 0 amide bonds. The van der Waals surface area contributed by atoms with Gasteiger partial charge >= 0.3 is 5.69 Å². The molecule has 0 aliphatic carbocycles. The van der Waals surface area contributed by atoms with Crippen LogP contribution in [0.5, 0.6) is 5.75 Å². The summed E-state index contributed by atoms with van der Waals surface area (Å²) in [4.78, 5) is 26.8. The third kappa shape index (κ3) is 2.98. The lowest BCUT2D eigenvalue weighted by molar-refractivity contribution is 0.475. The van der Waals surface area contributed by atoms with E-state index in [0.717, 1.165) is 39.5 Å². The molecule has 0 unspecified atom stereocenters. The number of nitrogens with one attached hydrogen (secondary N) is 1. The third-order valence-corrected chi connectivity index (χ3v) is 6.84. The quantitative estimate of drug-likeness (QED) is 0.410. The average molecular weight is 465 g/mol. The van der Waals surface area contributed by atoms with Crippen molar-refractivity contribution in [3.05, 3.63) is 110 Å². The van der Waals surface area contributed by atoms with E-state index in [1.54, 1.807) is 23.7 Å². The summed E-state index contributed by atoms with van der Waals surface area (Å²) in [5, 5.41) is 14.0. The number of rotatable bonds is 2. The highest BCUT2D eigenvalue weighted by Crippen LogP contribution is 2.45. The van der Waals surface area contributed by atoms with E-state index in [9.17, 15) is 14.7 Å². The van der Waals surface area contributed by atoms with Crippen LogP contribution in [0.1, 0.15) is 22.9 Å². The van der Waals surface area contributed by atoms with Gasteiger partial charge in [0.25, 0.3) is 5.56 Å². The van der Waals surface area contributed by atoms with Crippen LogP contribution in [0.3, 0.4) is 0 Å². The number of hydrogen-bond acceptors (Lipinski definition) is 4. The molecule has 1 aliphatic rings. The van der Waals surface area contributed by atoms with E-state index in [4.69, 9.17) is 0 Å². The Morgan fingerprint density at radius 2 is 1.63 bits per heavy atom. The van der Waals surface area contributed by atoms with Crippen molar-refractivity contribution in [1.82, 2.24) is 13.7 Å². The van der Waals surface area contributed by atoms with E-state index in [2.05, 4.69) is 16.0 Å². The van der Waals surface area contributed by atoms with Crippen molar-refractivity contribution < 1.29 is 5.11 Å². The second-order valence-corrected chi connectivity index (χ2v) is 9.05. The van der Waals surface area contributed by atoms with E-state index in [1.165, 1.54) is 11.6 Å². The molecule has 6 rings (SSSR count). The lowest BCUT2D eigenvalue weighted by Gasteiger charge is -2.31. The highest BCUT2D eigenvalue weighted by Gasteiger charge is 2.34. The summed E-state index contributed by atoms with van der Waals surface area (Å²) in [5.41, 5.74) is 6.14. The molecule has 0 spiro atoms. The Bertz CT molecular complexity index is 1760. The molecule has 0 radical (unpaired) electrons. The van der Waals surface area contributed by atoms with Crippen LogP contribution in [-0.4, -0.2) is 18.8 Å². The fourth-order valence-corrected chi connectivity index (χ4v) is 5.20. The Labute approximate surface area is 201 Å². The summed E-state index contributed by atoms with van der Waals surface area (Å²) in [6.45, 7) is 2.02. The molecule has 7 nitrogen and oxygen atoms in total. The van der Waals surface area contributed by atoms with Gasteiger partial charge in [0.05, 0.1) is 39.7 Å². The molecule has 0 bridgehead atoms. The lowest BCUT2D eigenvalue weighted by Crippen LogP contribution is -2.37. The molecule has 2 N–H and O–H groups in total. The van der Waals surface area contributed by atoms with E-state index in [-0.39, 0.29) is 23.0 Å². The molecule has 174 valence electrons. The van der Waals surface area contributed by atoms with E-state index in [1.807, 2.05) is 61.5 Å². The van der Waals surface area contributed by atoms with Crippen molar-refractivity contribution in [3.8, 4) is 22.7 Å². The van der Waals surface area contributed by atoms with Gasteiger partial charge in [0.2, 0.25) is 0 Å². The minimum atomic E-state index is -0.380. The molecule has 3 aromatic carbocycles. The molecule has 2 aromatic heterocycles. The molecular formula is C28H24N4O3. The zero-order chi connectivity index (χ0) is 24.4. The number of phenols is 1. The molecule has 1 atom stereocenters. The minimum Gasteiger partial charge on any atom is -0.508 e. The summed E-state index contributed by atoms with van der Waals surface area (Å²) < 4.78 is 4.84. The highest BCUT2D eigenvalue weighted by atomic mass is 16.3. The predicted molar refractivity (Wildman–Crippen MR) is 138 cm³/mol. The van der Waals surface area contributed by atoms with Gasteiger partial charge in [-0.1, -0.05) is 48.0 Å². The summed E-state index contributed by atoms with van der Waals surface area (Å²) in [5.74, 6) is 0.173. The summed E-state index contributed by atoms with van der Waals surface area (Å²) in [7, 11) is 3.23. The van der Waals surface area contributed by atoms with Crippen molar-refractivity contribution in [3.63, 3.8) is 0 Å². The second kappa shape index (κ2) is 7.50. The summed E-state index contributed by atoms with van der Waals surface area (Å²) >= 11 is 0. The van der Waals surface area contributed by atoms with Gasteiger partial charge in [0, 0.05) is 14.1 Å². The second-order valence-electron chi connectivity index (χ2n) is 9.05. The van der Waals surface area contributed by atoms with Gasteiger partial charge in [-0.2, -0.15) is 0 Å². The van der Waals surface area contributed by atoms with Gasteiger partial charge in [-0.05, 0) is 48.4 Å². The number of fused-ring (bicyclic) bond motifs is 5. The van der Waals surface area contributed by atoms with Gasteiger partial charge in [0.15, 0.2) is 0 Å². The fourth-order valence-electron chi connectivity index (χ4n) is 5.20.